The average molecular weight is 222 g/mol. The molecule has 1 rings (SSSR count). The molecule has 1 aromatic carbocycles. The molecule has 0 aliphatic rings. The summed E-state index contributed by atoms with van der Waals surface area (Å²) in [5, 5.41) is 8.65. The van der Waals surface area contributed by atoms with Gasteiger partial charge >= 0.3 is 0 Å². The molecular weight excluding hydrogens is 208 g/mol. The van der Waals surface area contributed by atoms with Gasteiger partial charge in [-0.05, 0) is 24.0 Å². The number of hydrogen-bond donors (Lipinski definition) is 1. The zero-order valence-electron chi connectivity index (χ0n) is 8.69. The number of ether oxygens (including phenoxy) is 1. The summed E-state index contributed by atoms with van der Waals surface area (Å²) in [5.74, 6) is 2.70. The molecule has 80 valence electrons. The molecule has 0 spiro atoms. The first-order valence-corrected chi connectivity index (χ1v) is 5.93. The van der Waals surface area contributed by atoms with E-state index in [1.165, 1.54) is 0 Å². The van der Waals surface area contributed by atoms with Crippen LogP contribution in [0.3, 0.4) is 0 Å². The lowest BCUT2D eigenvalue weighted by molar-refractivity contribution is 0.346. The molecule has 1 aromatic rings. The number of nitrogen functional groups attached to an aromatic ring is 1. The molecule has 0 aliphatic heterocycles. The van der Waals surface area contributed by atoms with E-state index in [2.05, 4.69) is 6.92 Å². The van der Waals surface area contributed by atoms with Crippen molar-refractivity contribution < 1.29 is 4.74 Å². The van der Waals surface area contributed by atoms with E-state index in [0.29, 0.717) is 23.6 Å². The Labute approximate surface area is 94.2 Å². The SMILES string of the molecule is CCSCCOc1ccc(C#N)cc1N. The fourth-order valence-corrected chi connectivity index (χ4v) is 1.59. The molecule has 0 aliphatic carbocycles. The summed E-state index contributed by atoms with van der Waals surface area (Å²) in [6, 6.07) is 7.11. The Morgan fingerprint density at radius 3 is 2.93 bits per heavy atom. The third kappa shape index (κ3) is 3.72. The largest absolute Gasteiger partial charge is 0.491 e. The molecule has 0 aromatic heterocycles. The molecule has 0 amide bonds. The monoisotopic (exact) mass is 222 g/mol. The fourth-order valence-electron chi connectivity index (χ4n) is 1.10. The topological polar surface area (TPSA) is 59.0 Å². The molecule has 0 saturated carbocycles. The van der Waals surface area contributed by atoms with E-state index in [4.69, 9.17) is 15.7 Å². The number of rotatable bonds is 5. The summed E-state index contributed by atoms with van der Waals surface area (Å²) < 4.78 is 5.48. The van der Waals surface area contributed by atoms with Crippen LogP contribution in [-0.2, 0) is 0 Å². The Morgan fingerprint density at radius 1 is 1.53 bits per heavy atom. The maximum Gasteiger partial charge on any atom is 0.142 e. The molecular formula is C11H14N2OS. The van der Waals surface area contributed by atoms with Crippen molar-refractivity contribution in [1.29, 1.82) is 5.26 Å². The molecule has 4 heteroatoms. The van der Waals surface area contributed by atoms with E-state index in [1.807, 2.05) is 17.8 Å². The van der Waals surface area contributed by atoms with Gasteiger partial charge in [-0.2, -0.15) is 17.0 Å². The lowest BCUT2D eigenvalue weighted by Gasteiger charge is -2.08. The van der Waals surface area contributed by atoms with Crippen molar-refractivity contribution >= 4 is 17.4 Å². The number of benzene rings is 1. The molecule has 0 unspecified atom stereocenters. The van der Waals surface area contributed by atoms with Gasteiger partial charge in [-0.15, -0.1) is 0 Å². The zero-order valence-corrected chi connectivity index (χ0v) is 9.51. The van der Waals surface area contributed by atoms with Crippen LogP contribution in [0.15, 0.2) is 18.2 Å². The third-order valence-electron chi connectivity index (χ3n) is 1.83. The van der Waals surface area contributed by atoms with Crippen LogP contribution in [0, 0.1) is 11.3 Å². The van der Waals surface area contributed by atoms with Gasteiger partial charge in [-0.1, -0.05) is 6.92 Å². The van der Waals surface area contributed by atoms with Gasteiger partial charge in [0.1, 0.15) is 5.75 Å². The summed E-state index contributed by atoms with van der Waals surface area (Å²) in [6.45, 7) is 2.76. The van der Waals surface area contributed by atoms with Gasteiger partial charge in [-0.25, -0.2) is 0 Å². The fraction of sp³-hybridized carbons (Fsp3) is 0.364. The predicted molar refractivity (Wildman–Crippen MR) is 64.1 cm³/mol. The highest BCUT2D eigenvalue weighted by Crippen LogP contribution is 2.22. The zero-order chi connectivity index (χ0) is 11.1. The summed E-state index contributed by atoms with van der Waals surface area (Å²) in [5.41, 5.74) is 6.81. The molecule has 0 radical (unpaired) electrons. The Kier molecular flexibility index (Phi) is 4.85. The standard InChI is InChI=1S/C11H14N2OS/c1-2-15-6-5-14-11-4-3-9(8-12)7-10(11)13/h3-4,7H,2,5-6,13H2,1H3. The molecule has 2 N–H and O–H groups in total. The molecule has 0 heterocycles. The minimum Gasteiger partial charge on any atom is -0.491 e. The molecule has 0 bridgehead atoms. The number of nitrogens with zero attached hydrogens (tertiary/aromatic N) is 1. The van der Waals surface area contributed by atoms with Gasteiger partial charge < -0.3 is 10.5 Å². The second-order valence-electron chi connectivity index (χ2n) is 2.91. The van der Waals surface area contributed by atoms with Gasteiger partial charge in [0.05, 0.1) is 23.9 Å². The van der Waals surface area contributed by atoms with E-state index in [9.17, 15) is 0 Å². The second-order valence-corrected chi connectivity index (χ2v) is 4.30. The predicted octanol–water partition coefficient (Wildman–Crippen LogP) is 2.27. The number of hydrogen-bond acceptors (Lipinski definition) is 4. The van der Waals surface area contributed by atoms with Crippen LogP contribution in [0.1, 0.15) is 12.5 Å². The van der Waals surface area contributed by atoms with Crippen molar-refractivity contribution in [3.8, 4) is 11.8 Å². The summed E-state index contributed by atoms with van der Waals surface area (Å²) >= 11 is 1.82. The van der Waals surface area contributed by atoms with Crippen molar-refractivity contribution in [1.82, 2.24) is 0 Å². The third-order valence-corrected chi connectivity index (χ3v) is 2.69. The first kappa shape index (κ1) is 11.7. The smallest absolute Gasteiger partial charge is 0.142 e. The van der Waals surface area contributed by atoms with Crippen LogP contribution in [-0.4, -0.2) is 18.1 Å². The van der Waals surface area contributed by atoms with Crippen molar-refractivity contribution in [2.24, 2.45) is 0 Å². The Morgan fingerprint density at radius 2 is 2.33 bits per heavy atom. The minimum atomic E-state index is 0.524. The minimum absolute atomic E-state index is 0.524. The van der Waals surface area contributed by atoms with Crippen molar-refractivity contribution in [2.45, 2.75) is 6.92 Å². The molecule has 0 atom stereocenters. The van der Waals surface area contributed by atoms with Crippen LogP contribution in [0.4, 0.5) is 5.69 Å². The van der Waals surface area contributed by atoms with E-state index in [0.717, 1.165) is 11.5 Å². The first-order chi connectivity index (χ1) is 7.27. The first-order valence-electron chi connectivity index (χ1n) is 4.78. The van der Waals surface area contributed by atoms with Crippen LogP contribution < -0.4 is 10.5 Å². The van der Waals surface area contributed by atoms with Gasteiger partial charge in [-0.3, -0.25) is 0 Å². The van der Waals surface area contributed by atoms with E-state index in [1.54, 1.807) is 18.2 Å². The summed E-state index contributed by atoms with van der Waals surface area (Å²) in [6.07, 6.45) is 0. The maximum absolute atomic E-state index is 8.65. The lowest BCUT2D eigenvalue weighted by Crippen LogP contribution is -2.02. The van der Waals surface area contributed by atoms with E-state index in [-0.39, 0.29) is 0 Å². The molecule has 15 heavy (non-hydrogen) atoms. The molecule has 0 fully saturated rings. The van der Waals surface area contributed by atoms with Crippen molar-refractivity contribution in [3.05, 3.63) is 23.8 Å². The van der Waals surface area contributed by atoms with Crippen LogP contribution >= 0.6 is 11.8 Å². The second kappa shape index (κ2) is 6.20. The summed E-state index contributed by atoms with van der Waals surface area (Å²) in [4.78, 5) is 0. The number of nitrogens with two attached hydrogens (primary N) is 1. The summed E-state index contributed by atoms with van der Waals surface area (Å²) in [7, 11) is 0. The molecule has 3 nitrogen and oxygen atoms in total. The average Bonchev–Trinajstić information content (AvgIpc) is 2.26. The lowest BCUT2D eigenvalue weighted by atomic mass is 10.2. The van der Waals surface area contributed by atoms with Gasteiger partial charge in [0, 0.05) is 5.75 Å². The highest BCUT2D eigenvalue weighted by atomic mass is 32.2. The maximum atomic E-state index is 8.65. The quantitative estimate of drug-likeness (QED) is 0.613. The normalized spacial score (nSPS) is 9.60. The van der Waals surface area contributed by atoms with Gasteiger partial charge in [0.2, 0.25) is 0 Å². The van der Waals surface area contributed by atoms with Gasteiger partial charge in [0.25, 0.3) is 0 Å². The number of anilines is 1. The highest BCUT2D eigenvalue weighted by molar-refractivity contribution is 7.99. The van der Waals surface area contributed by atoms with Gasteiger partial charge in [0.15, 0.2) is 0 Å². The van der Waals surface area contributed by atoms with Crippen LogP contribution in [0.25, 0.3) is 0 Å². The number of thioether (sulfide) groups is 1. The van der Waals surface area contributed by atoms with E-state index >= 15 is 0 Å². The molecule has 0 saturated heterocycles. The van der Waals surface area contributed by atoms with Crippen LogP contribution in [0.5, 0.6) is 5.75 Å². The van der Waals surface area contributed by atoms with Crippen molar-refractivity contribution in [2.75, 3.05) is 23.8 Å². The van der Waals surface area contributed by atoms with Crippen molar-refractivity contribution in [3.63, 3.8) is 0 Å². The Hall–Kier alpha value is -1.34. The van der Waals surface area contributed by atoms with E-state index < -0.39 is 0 Å². The highest BCUT2D eigenvalue weighted by Gasteiger charge is 2.01. The Balaban J connectivity index is 2.52. The van der Waals surface area contributed by atoms with Crippen LogP contribution in [0.2, 0.25) is 0 Å². The Bertz CT molecular complexity index is 360. The number of nitriles is 1.